The Kier molecular flexibility index (Phi) is 3.99. The minimum absolute atomic E-state index is 0.139. The molecule has 1 atom stereocenters. The number of hydrogen-bond acceptors (Lipinski definition) is 3. The molecular weight excluding hydrogens is 250 g/mol. The third kappa shape index (κ3) is 2.99. The maximum Gasteiger partial charge on any atom is 0.119 e. The second-order valence-corrected chi connectivity index (χ2v) is 6.43. The van der Waals surface area contributed by atoms with E-state index in [0.29, 0.717) is 6.61 Å². The lowest BCUT2D eigenvalue weighted by molar-refractivity contribution is -0.0339. The summed E-state index contributed by atoms with van der Waals surface area (Å²) in [7, 11) is 0. The zero-order valence-corrected chi connectivity index (χ0v) is 12.1. The van der Waals surface area contributed by atoms with Crippen LogP contribution in [-0.2, 0) is 6.42 Å². The average molecular weight is 275 g/mol. The predicted molar refractivity (Wildman–Crippen MR) is 79.8 cm³/mol. The highest BCUT2D eigenvalue weighted by atomic mass is 16.5. The van der Waals surface area contributed by atoms with E-state index in [1.165, 1.54) is 24.0 Å². The maximum atomic E-state index is 10.5. The molecule has 0 bridgehead atoms. The molecule has 3 rings (SSSR count). The SMILES string of the molecule is N[C@H]1CCCc2ccc(OCC3(O)CCCCC3)cc21. The van der Waals surface area contributed by atoms with E-state index in [1.807, 2.05) is 6.07 Å². The van der Waals surface area contributed by atoms with Crippen molar-refractivity contribution in [2.45, 2.75) is 63.0 Å². The molecule has 20 heavy (non-hydrogen) atoms. The van der Waals surface area contributed by atoms with Crippen molar-refractivity contribution < 1.29 is 9.84 Å². The summed E-state index contributed by atoms with van der Waals surface area (Å²) in [6.45, 7) is 0.404. The first-order valence-corrected chi connectivity index (χ1v) is 7.90. The summed E-state index contributed by atoms with van der Waals surface area (Å²) < 4.78 is 5.86. The summed E-state index contributed by atoms with van der Waals surface area (Å²) in [4.78, 5) is 0. The lowest BCUT2D eigenvalue weighted by Crippen LogP contribution is -2.37. The van der Waals surface area contributed by atoms with E-state index in [4.69, 9.17) is 10.5 Å². The first-order valence-electron chi connectivity index (χ1n) is 7.90. The molecule has 0 saturated heterocycles. The molecule has 2 aliphatic rings. The topological polar surface area (TPSA) is 55.5 Å². The van der Waals surface area contributed by atoms with Crippen molar-refractivity contribution in [3.8, 4) is 5.75 Å². The molecule has 2 aliphatic carbocycles. The predicted octanol–water partition coefficient (Wildman–Crippen LogP) is 3.10. The Morgan fingerprint density at radius 3 is 2.80 bits per heavy atom. The minimum atomic E-state index is -0.629. The van der Waals surface area contributed by atoms with E-state index in [0.717, 1.165) is 44.3 Å². The summed E-state index contributed by atoms with van der Waals surface area (Å²) in [5.41, 5.74) is 8.13. The Morgan fingerprint density at radius 1 is 1.20 bits per heavy atom. The Labute approximate surface area is 121 Å². The second kappa shape index (κ2) is 5.74. The van der Waals surface area contributed by atoms with E-state index < -0.39 is 5.60 Å². The van der Waals surface area contributed by atoms with Gasteiger partial charge in [-0.1, -0.05) is 25.3 Å². The molecule has 0 aromatic heterocycles. The van der Waals surface area contributed by atoms with Gasteiger partial charge in [0.05, 0.1) is 5.60 Å². The fraction of sp³-hybridized carbons (Fsp3) is 0.647. The third-order valence-corrected chi connectivity index (χ3v) is 4.77. The van der Waals surface area contributed by atoms with Crippen molar-refractivity contribution in [2.75, 3.05) is 6.61 Å². The quantitative estimate of drug-likeness (QED) is 0.891. The van der Waals surface area contributed by atoms with Gasteiger partial charge in [0.2, 0.25) is 0 Å². The fourth-order valence-corrected chi connectivity index (χ4v) is 3.48. The lowest BCUT2D eigenvalue weighted by Gasteiger charge is -2.32. The molecule has 0 aliphatic heterocycles. The molecular formula is C17H25NO2. The molecule has 1 fully saturated rings. The van der Waals surface area contributed by atoms with Crippen molar-refractivity contribution in [3.63, 3.8) is 0 Å². The van der Waals surface area contributed by atoms with E-state index in [-0.39, 0.29) is 6.04 Å². The van der Waals surface area contributed by atoms with Gasteiger partial charge in [-0.25, -0.2) is 0 Å². The smallest absolute Gasteiger partial charge is 0.119 e. The highest BCUT2D eigenvalue weighted by molar-refractivity contribution is 5.39. The molecule has 3 heteroatoms. The number of aryl methyl sites for hydroxylation is 1. The molecule has 1 aromatic carbocycles. The van der Waals surface area contributed by atoms with Gasteiger partial charge < -0.3 is 15.6 Å². The number of aliphatic hydroxyl groups is 1. The molecule has 0 spiro atoms. The highest BCUT2D eigenvalue weighted by Gasteiger charge is 2.30. The van der Waals surface area contributed by atoms with Gasteiger partial charge >= 0.3 is 0 Å². The second-order valence-electron chi connectivity index (χ2n) is 6.43. The standard InChI is InChI=1S/C17H25NO2/c18-16-6-4-5-13-7-8-14(11-15(13)16)20-12-17(19)9-2-1-3-10-17/h7-8,11,16,19H,1-6,9-10,12,18H2/t16-/m0/s1. The van der Waals surface area contributed by atoms with Crippen LogP contribution in [-0.4, -0.2) is 17.3 Å². The molecule has 110 valence electrons. The van der Waals surface area contributed by atoms with E-state index in [1.54, 1.807) is 0 Å². The molecule has 0 radical (unpaired) electrons. The minimum Gasteiger partial charge on any atom is -0.491 e. The summed E-state index contributed by atoms with van der Waals surface area (Å²) in [5, 5.41) is 10.5. The van der Waals surface area contributed by atoms with Gasteiger partial charge in [0, 0.05) is 6.04 Å². The summed E-state index contributed by atoms with van der Waals surface area (Å²) in [5.74, 6) is 0.847. The van der Waals surface area contributed by atoms with Crippen molar-refractivity contribution in [3.05, 3.63) is 29.3 Å². The van der Waals surface area contributed by atoms with Crippen LogP contribution >= 0.6 is 0 Å². The maximum absolute atomic E-state index is 10.5. The van der Waals surface area contributed by atoms with Crippen LogP contribution in [0.1, 0.15) is 62.1 Å². The van der Waals surface area contributed by atoms with Crippen LogP contribution in [0.25, 0.3) is 0 Å². The zero-order chi connectivity index (χ0) is 14.0. The van der Waals surface area contributed by atoms with Crippen LogP contribution in [0, 0.1) is 0 Å². The van der Waals surface area contributed by atoms with Crippen LogP contribution in [0.4, 0.5) is 0 Å². The Hall–Kier alpha value is -1.06. The molecule has 3 nitrogen and oxygen atoms in total. The van der Waals surface area contributed by atoms with E-state index in [2.05, 4.69) is 12.1 Å². The first-order chi connectivity index (χ1) is 9.66. The Bertz CT molecular complexity index is 466. The number of ether oxygens (including phenoxy) is 1. The largest absolute Gasteiger partial charge is 0.491 e. The molecule has 3 N–H and O–H groups in total. The summed E-state index contributed by atoms with van der Waals surface area (Å²) in [6.07, 6.45) is 8.51. The number of hydrogen-bond donors (Lipinski definition) is 2. The number of benzene rings is 1. The van der Waals surface area contributed by atoms with Crippen molar-refractivity contribution in [1.29, 1.82) is 0 Å². The molecule has 0 amide bonds. The third-order valence-electron chi connectivity index (χ3n) is 4.77. The number of nitrogens with two attached hydrogens (primary N) is 1. The Balaban J connectivity index is 1.67. The lowest BCUT2D eigenvalue weighted by atomic mass is 9.85. The number of rotatable bonds is 3. The van der Waals surface area contributed by atoms with E-state index in [9.17, 15) is 5.11 Å². The number of fused-ring (bicyclic) bond motifs is 1. The van der Waals surface area contributed by atoms with Gasteiger partial charge in [-0.05, 0) is 55.4 Å². The van der Waals surface area contributed by atoms with Crippen molar-refractivity contribution >= 4 is 0 Å². The molecule has 1 aromatic rings. The molecule has 0 heterocycles. The van der Waals surface area contributed by atoms with Crippen molar-refractivity contribution in [1.82, 2.24) is 0 Å². The summed E-state index contributed by atoms with van der Waals surface area (Å²) in [6, 6.07) is 6.36. The van der Waals surface area contributed by atoms with Gasteiger partial charge in [-0.3, -0.25) is 0 Å². The highest BCUT2D eigenvalue weighted by Crippen LogP contribution is 2.32. The fourth-order valence-electron chi connectivity index (χ4n) is 3.48. The first kappa shape index (κ1) is 13.9. The van der Waals surface area contributed by atoms with Gasteiger partial charge in [0.15, 0.2) is 0 Å². The van der Waals surface area contributed by atoms with E-state index >= 15 is 0 Å². The monoisotopic (exact) mass is 275 g/mol. The van der Waals surface area contributed by atoms with Crippen LogP contribution < -0.4 is 10.5 Å². The van der Waals surface area contributed by atoms with Crippen LogP contribution in [0.2, 0.25) is 0 Å². The zero-order valence-electron chi connectivity index (χ0n) is 12.1. The van der Waals surface area contributed by atoms with Crippen LogP contribution in [0.15, 0.2) is 18.2 Å². The Morgan fingerprint density at radius 2 is 2.00 bits per heavy atom. The van der Waals surface area contributed by atoms with Crippen LogP contribution in [0.3, 0.4) is 0 Å². The van der Waals surface area contributed by atoms with Crippen molar-refractivity contribution in [2.24, 2.45) is 5.73 Å². The summed E-state index contributed by atoms with van der Waals surface area (Å²) >= 11 is 0. The van der Waals surface area contributed by atoms with Gasteiger partial charge in [-0.2, -0.15) is 0 Å². The van der Waals surface area contributed by atoms with Gasteiger partial charge in [0.25, 0.3) is 0 Å². The average Bonchev–Trinajstić information content (AvgIpc) is 2.47. The normalized spacial score (nSPS) is 25.0. The molecule has 0 unspecified atom stereocenters. The van der Waals surface area contributed by atoms with Gasteiger partial charge in [0.1, 0.15) is 12.4 Å². The van der Waals surface area contributed by atoms with Crippen LogP contribution in [0.5, 0.6) is 5.75 Å². The molecule has 1 saturated carbocycles. The van der Waals surface area contributed by atoms with Gasteiger partial charge in [-0.15, -0.1) is 0 Å².